The van der Waals surface area contributed by atoms with E-state index in [0.717, 1.165) is 25.7 Å². The molecule has 0 heterocycles. The summed E-state index contributed by atoms with van der Waals surface area (Å²) in [5.41, 5.74) is 0.513. The molecule has 0 aromatic heterocycles. The van der Waals surface area contributed by atoms with E-state index in [0.29, 0.717) is 23.4 Å². The number of halogens is 1. The maximum absolute atomic E-state index is 12.0. The van der Waals surface area contributed by atoms with Gasteiger partial charge in [0.1, 0.15) is 5.78 Å². The summed E-state index contributed by atoms with van der Waals surface area (Å²) in [6, 6.07) is 4.66. The number of nitro benzene ring substituents is 1. The van der Waals surface area contributed by atoms with Crippen molar-refractivity contribution in [2.45, 2.75) is 38.5 Å². The first kappa shape index (κ1) is 14.0. The van der Waals surface area contributed by atoms with Gasteiger partial charge in [-0.3, -0.25) is 14.9 Å². The lowest BCUT2D eigenvalue weighted by atomic mass is 9.91. The summed E-state index contributed by atoms with van der Waals surface area (Å²) in [5.74, 6) is 0.0906. The Labute approximate surface area is 116 Å². The van der Waals surface area contributed by atoms with E-state index in [1.54, 1.807) is 12.1 Å². The Bertz CT molecular complexity index is 501. The molecule has 1 aliphatic rings. The van der Waals surface area contributed by atoms with E-state index in [4.69, 9.17) is 11.6 Å². The minimum Gasteiger partial charge on any atom is -0.299 e. The van der Waals surface area contributed by atoms with Gasteiger partial charge in [-0.25, -0.2) is 0 Å². The minimum atomic E-state index is -0.428. The highest BCUT2D eigenvalue weighted by Crippen LogP contribution is 2.32. The standard InChI is InChI=1S/C14H16ClNO3/c15-12-6-4-7-13(16(18)19)11(12)9-10-5-2-1-3-8-14(10)17/h4,6-7,10H,1-3,5,8-9H2. The molecule has 0 N–H and O–H groups in total. The molecule has 0 aliphatic heterocycles. The molecule has 19 heavy (non-hydrogen) atoms. The molecule has 0 bridgehead atoms. The van der Waals surface area contributed by atoms with E-state index in [9.17, 15) is 14.9 Å². The van der Waals surface area contributed by atoms with Crippen molar-refractivity contribution < 1.29 is 9.72 Å². The van der Waals surface area contributed by atoms with Gasteiger partial charge in [-0.15, -0.1) is 0 Å². The summed E-state index contributed by atoms with van der Waals surface area (Å²) < 4.78 is 0. The predicted octanol–water partition coefficient (Wildman–Crippen LogP) is 3.94. The van der Waals surface area contributed by atoms with Gasteiger partial charge in [-0.2, -0.15) is 0 Å². The zero-order valence-corrected chi connectivity index (χ0v) is 11.4. The van der Waals surface area contributed by atoms with Crippen LogP contribution < -0.4 is 0 Å². The largest absolute Gasteiger partial charge is 0.299 e. The van der Waals surface area contributed by atoms with Gasteiger partial charge in [-0.05, 0) is 25.3 Å². The number of Topliss-reactive ketones (excluding diaryl/α,β-unsaturated/α-hetero) is 1. The van der Waals surface area contributed by atoms with Crippen LogP contribution in [0.15, 0.2) is 18.2 Å². The fraction of sp³-hybridized carbons (Fsp3) is 0.500. The van der Waals surface area contributed by atoms with E-state index < -0.39 is 4.92 Å². The van der Waals surface area contributed by atoms with Gasteiger partial charge in [-0.1, -0.05) is 30.5 Å². The second kappa shape index (κ2) is 6.15. The molecular formula is C14H16ClNO3. The van der Waals surface area contributed by atoms with E-state index in [-0.39, 0.29) is 17.4 Å². The average Bonchev–Trinajstić information content (AvgIpc) is 2.57. The quantitative estimate of drug-likeness (QED) is 0.479. The van der Waals surface area contributed by atoms with Gasteiger partial charge in [0.15, 0.2) is 0 Å². The van der Waals surface area contributed by atoms with E-state index in [1.165, 1.54) is 6.07 Å². The first-order valence-electron chi connectivity index (χ1n) is 6.54. The smallest absolute Gasteiger partial charge is 0.274 e. The zero-order chi connectivity index (χ0) is 13.8. The number of nitro groups is 1. The summed E-state index contributed by atoms with van der Waals surface area (Å²) in [6.07, 6.45) is 4.78. The Morgan fingerprint density at radius 2 is 2.11 bits per heavy atom. The van der Waals surface area contributed by atoms with Gasteiger partial charge in [0.05, 0.1) is 9.95 Å². The number of hydrogen-bond acceptors (Lipinski definition) is 3. The van der Waals surface area contributed by atoms with Crippen LogP contribution in [0.5, 0.6) is 0 Å². The van der Waals surface area contributed by atoms with Gasteiger partial charge < -0.3 is 0 Å². The molecule has 1 aromatic rings. The number of rotatable bonds is 3. The number of carbonyl (C=O) groups is 1. The molecule has 0 radical (unpaired) electrons. The highest BCUT2D eigenvalue weighted by molar-refractivity contribution is 6.31. The summed E-state index contributed by atoms with van der Waals surface area (Å²) in [7, 11) is 0. The lowest BCUT2D eigenvalue weighted by Crippen LogP contribution is -2.16. The fourth-order valence-corrected chi connectivity index (χ4v) is 2.86. The lowest BCUT2D eigenvalue weighted by Gasteiger charge is -2.13. The Kier molecular flexibility index (Phi) is 4.53. The molecular weight excluding hydrogens is 266 g/mol. The third kappa shape index (κ3) is 3.32. The van der Waals surface area contributed by atoms with Gasteiger partial charge in [0.25, 0.3) is 5.69 Å². The number of nitrogens with zero attached hydrogens (tertiary/aromatic N) is 1. The summed E-state index contributed by atoms with van der Waals surface area (Å²) in [6.45, 7) is 0. The highest BCUT2D eigenvalue weighted by atomic mass is 35.5. The maximum atomic E-state index is 12.0. The Hall–Kier alpha value is -1.42. The summed E-state index contributed by atoms with van der Waals surface area (Å²) >= 11 is 6.07. The van der Waals surface area contributed by atoms with Crippen molar-refractivity contribution in [1.29, 1.82) is 0 Å². The summed E-state index contributed by atoms with van der Waals surface area (Å²) in [4.78, 5) is 22.6. The SMILES string of the molecule is O=C1CCCCCC1Cc1c(Cl)cccc1[N+](=O)[O-]. The fourth-order valence-electron chi connectivity index (χ4n) is 2.61. The monoisotopic (exact) mass is 281 g/mol. The predicted molar refractivity (Wildman–Crippen MR) is 73.4 cm³/mol. The van der Waals surface area contributed by atoms with Gasteiger partial charge in [0.2, 0.25) is 0 Å². The average molecular weight is 282 g/mol. The summed E-state index contributed by atoms with van der Waals surface area (Å²) in [5, 5.41) is 11.4. The molecule has 1 unspecified atom stereocenters. The number of hydrogen-bond donors (Lipinski definition) is 0. The molecule has 0 spiro atoms. The van der Waals surface area contributed by atoms with Crippen LogP contribution in [0.25, 0.3) is 0 Å². The van der Waals surface area contributed by atoms with Crippen molar-refractivity contribution in [1.82, 2.24) is 0 Å². The first-order chi connectivity index (χ1) is 9.09. The van der Waals surface area contributed by atoms with Crippen LogP contribution in [0.4, 0.5) is 5.69 Å². The number of carbonyl (C=O) groups excluding carboxylic acids is 1. The van der Waals surface area contributed by atoms with Crippen molar-refractivity contribution in [3.8, 4) is 0 Å². The van der Waals surface area contributed by atoms with E-state index >= 15 is 0 Å². The van der Waals surface area contributed by atoms with E-state index in [1.807, 2.05) is 0 Å². The zero-order valence-electron chi connectivity index (χ0n) is 10.6. The van der Waals surface area contributed by atoms with Crippen molar-refractivity contribution in [3.63, 3.8) is 0 Å². The molecule has 1 aliphatic carbocycles. The van der Waals surface area contributed by atoms with Crippen LogP contribution in [-0.2, 0) is 11.2 Å². The van der Waals surface area contributed by atoms with Crippen LogP contribution in [0, 0.1) is 16.0 Å². The van der Waals surface area contributed by atoms with E-state index in [2.05, 4.69) is 0 Å². The normalized spacial score (nSPS) is 20.1. The topological polar surface area (TPSA) is 60.2 Å². The van der Waals surface area contributed by atoms with Crippen LogP contribution in [0.1, 0.15) is 37.7 Å². The van der Waals surface area contributed by atoms with Crippen LogP contribution >= 0.6 is 11.6 Å². The highest BCUT2D eigenvalue weighted by Gasteiger charge is 2.26. The molecule has 2 rings (SSSR count). The van der Waals surface area contributed by atoms with Gasteiger partial charge >= 0.3 is 0 Å². The second-order valence-electron chi connectivity index (χ2n) is 4.96. The molecule has 4 nitrogen and oxygen atoms in total. The molecule has 0 amide bonds. The van der Waals surface area contributed by atoms with Crippen molar-refractivity contribution >= 4 is 23.1 Å². The third-order valence-corrected chi connectivity index (χ3v) is 4.03. The third-order valence-electron chi connectivity index (χ3n) is 3.67. The maximum Gasteiger partial charge on any atom is 0.274 e. The van der Waals surface area contributed by atoms with Crippen molar-refractivity contribution in [2.75, 3.05) is 0 Å². The Balaban J connectivity index is 2.26. The molecule has 1 atom stereocenters. The molecule has 1 fully saturated rings. The second-order valence-corrected chi connectivity index (χ2v) is 5.37. The van der Waals surface area contributed by atoms with Crippen LogP contribution in [0.2, 0.25) is 5.02 Å². The molecule has 1 saturated carbocycles. The van der Waals surface area contributed by atoms with Crippen LogP contribution in [0.3, 0.4) is 0 Å². The number of benzene rings is 1. The van der Waals surface area contributed by atoms with Gasteiger partial charge in [0, 0.05) is 24.0 Å². The van der Waals surface area contributed by atoms with Crippen LogP contribution in [-0.4, -0.2) is 10.7 Å². The molecule has 1 aromatic carbocycles. The molecule has 5 heteroatoms. The van der Waals surface area contributed by atoms with Crippen molar-refractivity contribution in [2.24, 2.45) is 5.92 Å². The van der Waals surface area contributed by atoms with Crippen molar-refractivity contribution in [3.05, 3.63) is 38.9 Å². The minimum absolute atomic E-state index is 0.0181. The molecule has 102 valence electrons. The first-order valence-corrected chi connectivity index (χ1v) is 6.92. The number of ketones is 1. The Morgan fingerprint density at radius 3 is 2.84 bits per heavy atom. The Morgan fingerprint density at radius 1 is 1.32 bits per heavy atom. The molecule has 0 saturated heterocycles. The lowest BCUT2D eigenvalue weighted by molar-refractivity contribution is -0.385.